The summed E-state index contributed by atoms with van der Waals surface area (Å²) in [5, 5.41) is 15.0. The summed E-state index contributed by atoms with van der Waals surface area (Å²) in [6, 6.07) is -0.259. The van der Waals surface area contributed by atoms with Crippen molar-refractivity contribution in [1.29, 1.82) is 0 Å². The zero-order chi connectivity index (χ0) is 13.5. The Morgan fingerprint density at radius 3 is 2.78 bits per heavy atom. The molecule has 3 N–H and O–H groups in total. The molecule has 5 nitrogen and oxygen atoms in total. The molecule has 0 saturated heterocycles. The molecule has 0 aliphatic heterocycles. The molecule has 1 heterocycles. The fourth-order valence-corrected chi connectivity index (χ4v) is 2.27. The van der Waals surface area contributed by atoms with Crippen LogP contribution in [0.5, 0.6) is 0 Å². The lowest BCUT2D eigenvalue weighted by Crippen LogP contribution is -2.39. The molecule has 102 valence electrons. The number of nitrogens with one attached hydrogen (secondary N) is 2. The van der Waals surface area contributed by atoms with Gasteiger partial charge >= 0.3 is 6.03 Å². The van der Waals surface area contributed by atoms with Gasteiger partial charge < -0.3 is 15.7 Å². The number of hydrogen-bond donors (Lipinski definition) is 3. The molecule has 0 saturated carbocycles. The number of amides is 2. The van der Waals surface area contributed by atoms with Gasteiger partial charge in [0, 0.05) is 11.4 Å². The van der Waals surface area contributed by atoms with Crippen LogP contribution >= 0.6 is 11.3 Å². The third-order valence-corrected chi connectivity index (χ3v) is 3.43. The fraction of sp³-hybridized carbons (Fsp3) is 0.667. The number of rotatable bonds is 6. The lowest BCUT2D eigenvalue weighted by molar-refractivity contribution is 0.147. The number of aliphatic hydroxyl groups is 1. The number of carbonyl (C=O) groups excluding carboxylic acids is 1. The fourth-order valence-electron chi connectivity index (χ4n) is 1.56. The largest absolute Gasteiger partial charge is 0.391 e. The summed E-state index contributed by atoms with van der Waals surface area (Å²) in [4.78, 5) is 16.6. The maximum Gasteiger partial charge on any atom is 0.315 e. The summed E-state index contributed by atoms with van der Waals surface area (Å²) in [5.41, 5.74) is 2.71. The van der Waals surface area contributed by atoms with Crippen LogP contribution < -0.4 is 10.6 Å². The van der Waals surface area contributed by atoms with Crippen LogP contribution in [-0.4, -0.2) is 28.8 Å². The second kappa shape index (κ2) is 7.33. The Labute approximate surface area is 112 Å². The third kappa shape index (κ3) is 5.46. The molecule has 0 spiro atoms. The molecule has 18 heavy (non-hydrogen) atoms. The molecule has 0 radical (unpaired) electrons. The number of aliphatic hydroxyl groups excluding tert-OH is 1. The first kappa shape index (κ1) is 14.9. The third-order valence-electron chi connectivity index (χ3n) is 2.50. The standard InChI is InChI=1S/C12H21N3O2S/c1-8(2)4-10(16)5-13-12(17)14-6-11-9(3)15-7-18-11/h7-8,10,16H,4-6H2,1-3H3,(H2,13,14,17). The van der Waals surface area contributed by atoms with Crippen molar-refractivity contribution < 1.29 is 9.90 Å². The first-order valence-corrected chi connectivity index (χ1v) is 6.95. The molecule has 0 bridgehead atoms. The predicted molar refractivity (Wildman–Crippen MR) is 72.6 cm³/mol. The van der Waals surface area contributed by atoms with Crippen LogP contribution in [0.25, 0.3) is 0 Å². The Balaban J connectivity index is 2.20. The highest BCUT2D eigenvalue weighted by Crippen LogP contribution is 2.10. The minimum atomic E-state index is -0.485. The van der Waals surface area contributed by atoms with Crippen LogP contribution in [0.4, 0.5) is 4.79 Å². The smallest absolute Gasteiger partial charge is 0.315 e. The van der Waals surface area contributed by atoms with Crippen molar-refractivity contribution in [3.63, 3.8) is 0 Å². The Morgan fingerprint density at radius 1 is 1.50 bits per heavy atom. The highest BCUT2D eigenvalue weighted by molar-refractivity contribution is 7.09. The van der Waals surface area contributed by atoms with Crippen molar-refractivity contribution in [2.75, 3.05) is 6.54 Å². The van der Waals surface area contributed by atoms with Gasteiger partial charge in [-0.25, -0.2) is 9.78 Å². The minimum absolute atomic E-state index is 0.259. The molecule has 1 aromatic heterocycles. The lowest BCUT2D eigenvalue weighted by atomic mass is 10.1. The Hall–Kier alpha value is -1.14. The molecule has 0 aliphatic rings. The number of urea groups is 1. The molecular formula is C12H21N3O2S. The van der Waals surface area contributed by atoms with Crippen LogP contribution in [0.2, 0.25) is 0 Å². The van der Waals surface area contributed by atoms with E-state index in [1.807, 2.05) is 20.8 Å². The Morgan fingerprint density at radius 2 is 2.22 bits per heavy atom. The monoisotopic (exact) mass is 271 g/mol. The quantitative estimate of drug-likeness (QED) is 0.736. The number of aryl methyl sites for hydroxylation is 1. The van der Waals surface area contributed by atoms with Crippen LogP contribution in [0, 0.1) is 12.8 Å². The molecule has 6 heteroatoms. The molecule has 0 fully saturated rings. The maximum absolute atomic E-state index is 11.5. The van der Waals surface area contributed by atoms with Crippen molar-refractivity contribution >= 4 is 17.4 Å². The van der Waals surface area contributed by atoms with Crippen LogP contribution in [0.15, 0.2) is 5.51 Å². The van der Waals surface area contributed by atoms with Gasteiger partial charge in [0.25, 0.3) is 0 Å². The van der Waals surface area contributed by atoms with Gasteiger partial charge in [-0.15, -0.1) is 11.3 Å². The molecule has 0 aromatic carbocycles. The average molecular weight is 271 g/mol. The van der Waals surface area contributed by atoms with Crippen LogP contribution in [0.1, 0.15) is 30.8 Å². The SMILES string of the molecule is Cc1ncsc1CNC(=O)NCC(O)CC(C)C. The van der Waals surface area contributed by atoms with Crippen molar-refractivity contribution in [2.24, 2.45) is 5.92 Å². The van der Waals surface area contributed by atoms with E-state index in [1.54, 1.807) is 5.51 Å². The summed E-state index contributed by atoms with van der Waals surface area (Å²) in [7, 11) is 0. The van der Waals surface area contributed by atoms with Crippen molar-refractivity contribution in [2.45, 2.75) is 39.8 Å². The van der Waals surface area contributed by atoms with Gasteiger partial charge in [-0.05, 0) is 19.3 Å². The van der Waals surface area contributed by atoms with Gasteiger partial charge in [-0.3, -0.25) is 0 Å². The molecule has 1 rings (SSSR count). The van der Waals surface area contributed by atoms with E-state index in [4.69, 9.17) is 0 Å². The van der Waals surface area contributed by atoms with Crippen molar-refractivity contribution in [3.8, 4) is 0 Å². The van der Waals surface area contributed by atoms with E-state index in [0.717, 1.165) is 10.6 Å². The van der Waals surface area contributed by atoms with Gasteiger partial charge in [0.15, 0.2) is 0 Å². The van der Waals surface area contributed by atoms with Gasteiger partial charge in [-0.2, -0.15) is 0 Å². The van der Waals surface area contributed by atoms with Gasteiger partial charge in [0.1, 0.15) is 0 Å². The molecule has 1 aromatic rings. The summed E-state index contributed by atoms with van der Waals surface area (Å²) < 4.78 is 0. The summed E-state index contributed by atoms with van der Waals surface area (Å²) >= 11 is 1.52. The van der Waals surface area contributed by atoms with Crippen LogP contribution in [0.3, 0.4) is 0 Å². The zero-order valence-corrected chi connectivity index (χ0v) is 11.9. The molecule has 2 amide bonds. The van der Waals surface area contributed by atoms with Gasteiger partial charge in [0.05, 0.1) is 23.9 Å². The van der Waals surface area contributed by atoms with E-state index in [1.165, 1.54) is 11.3 Å². The highest BCUT2D eigenvalue weighted by Gasteiger charge is 2.09. The van der Waals surface area contributed by atoms with E-state index < -0.39 is 6.10 Å². The number of thiazole rings is 1. The topological polar surface area (TPSA) is 74.2 Å². The molecule has 1 atom stereocenters. The molecule has 0 aliphatic carbocycles. The maximum atomic E-state index is 11.5. The summed E-state index contributed by atoms with van der Waals surface area (Å²) in [6.45, 7) is 6.75. The van der Waals surface area contributed by atoms with Gasteiger partial charge in [-0.1, -0.05) is 13.8 Å². The Bertz CT molecular complexity index is 379. The van der Waals surface area contributed by atoms with E-state index in [9.17, 15) is 9.90 Å². The number of aromatic nitrogens is 1. The number of carbonyl (C=O) groups is 1. The summed E-state index contributed by atoms with van der Waals surface area (Å²) in [5.74, 6) is 0.421. The zero-order valence-electron chi connectivity index (χ0n) is 11.1. The van der Waals surface area contributed by atoms with E-state index >= 15 is 0 Å². The average Bonchev–Trinajstić information content (AvgIpc) is 2.68. The first-order chi connectivity index (χ1) is 8.49. The highest BCUT2D eigenvalue weighted by atomic mass is 32.1. The van der Waals surface area contributed by atoms with Crippen molar-refractivity contribution in [1.82, 2.24) is 15.6 Å². The second-order valence-electron chi connectivity index (χ2n) is 4.71. The summed E-state index contributed by atoms with van der Waals surface area (Å²) in [6.07, 6.45) is 0.203. The second-order valence-corrected chi connectivity index (χ2v) is 5.65. The van der Waals surface area contributed by atoms with Crippen LogP contribution in [-0.2, 0) is 6.54 Å². The van der Waals surface area contributed by atoms with Gasteiger partial charge in [0.2, 0.25) is 0 Å². The predicted octanol–water partition coefficient (Wildman–Crippen LogP) is 1.66. The van der Waals surface area contributed by atoms with Crippen molar-refractivity contribution in [3.05, 3.63) is 16.1 Å². The molecule has 1 unspecified atom stereocenters. The molecular weight excluding hydrogens is 250 g/mol. The van der Waals surface area contributed by atoms with E-state index in [0.29, 0.717) is 18.9 Å². The number of nitrogens with zero attached hydrogens (tertiary/aromatic N) is 1. The normalized spacial score (nSPS) is 12.5. The van der Waals surface area contributed by atoms with E-state index in [2.05, 4.69) is 15.6 Å². The first-order valence-electron chi connectivity index (χ1n) is 6.07. The minimum Gasteiger partial charge on any atom is -0.391 e. The van der Waals surface area contributed by atoms with E-state index in [-0.39, 0.29) is 12.6 Å². The Kier molecular flexibility index (Phi) is 6.07. The lowest BCUT2D eigenvalue weighted by Gasteiger charge is -2.14. The number of hydrogen-bond acceptors (Lipinski definition) is 4.